The molecule has 0 saturated carbocycles. The second-order valence-corrected chi connectivity index (χ2v) is 6.31. The molecule has 2 aromatic heterocycles. The van der Waals surface area contributed by atoms with Crippen molar-refractivity contribution in [2.75, 3.05) is 6.61 Å². The lowest BCUT2D eigenvalue weighted by atomic mass is 10.1. The molecule has 0 aliphatic rings. The number of hydrogen-bond donors (Lipinski definition) is 1. The fourth-order valence-electron chi connectivity index (χ4n) is 2.12. The highest BCUT2D eigenvalue weighted by Gasteiger charge is 2.16. The summed E-state index contributed by atoms with van der Waals surface area (Å²) in [5.41, 5.74) is 7.46. The van der Waals surface area contributed by atoms with Gasteiger partial charge in [-0.15, -0.1) is 22.7 Å². The number of rotatable bonds is 4. The summed E-state index contributed by atoms with van der Waals surface area (Å²) in [4.78, 5) is 1.19. The summed E-state index contributed by atoms with van der Waals surface area (Å²) in [6.07, 6.45) is 0. The molecular weight excluding hydrogens is 274 g/mol. The van der Waals surface area contributed by atoms with Gasteiger partial charge in [0.25, 0.3) is 0 Å². The summed E-state index contributed by atoms with van der Waals surface area (Å²) in [6.45, 7) is 2.65. The lowest BCUT2D eigenvalue weighted by Crippen LogP contribution is -2.12. The van der Waals surface area contributed by atoms with Gasteiger partial charge < -0.3 is 10.5 Å². The molecule has 2 heterocycles. The van der Waals surface area contributed by atoms with Crippen LogP contribution >= 0.6 is 22.7 Å². The van der Waals surface area contributed by atoms with Gasteiger partial charge in [-0.1, -0.05) is 18.2 Å². The number of nitrogens with two attached hydrogens (primary N) is 1. The molecule has 1 unspecified atom stereocenters. The van der Waals surface area contributed by atoms with Crippen LogP contribution in [0.5, 0.6) is 5.75 Å². The molecule has 0 bridgehead atoms. The van der Waals surface area contributed by atoms with Crippen molar-refractivity contribution in [3.05, 3.63) is 52.2 Å². The molecule has 0 aliphatic heterocycles. The van der Waals surface area contributed by atoms with Crippen LogP contribution in [0.3, 0.4) is 0 Å². The third-order valence-electron chi connectivity index (χ3n) is 3.02. The Labute approximate surface area is 120 Å². The van der Waals surface area contributed by atoms with Gasteiger partial charge >= 0.3 is 0 Å². The van der Waals surface area contributed by atoms with E-state index in [1.807, 2.05) is 31.2 Å². The van der Waals surface area contributed by atoms with Crippen molar-refractivity contribution >= 4 is 32.1 Å². The molecule has 0 aliphatic carbocycles. The zero-order valence-electron chi connectivity index (χ0n) is 10.6. The third kappa shape index (κ3) is 2.39. The molecule has 0 radical (unpaired) electrons. The number of fused-ring (bicyclic) bond motifs is 1. The van der Waals surface area contributed by atoms with Gasteiger partial charge in [-0.3, -0.25) is 0 Å². The molecule has 0 fully saturated rings. The van der Waals surface area contributed by atoms with Gasteiger partial charge in [0.15, 0.2) is 0 Å². The standard InChI is InChI=1S/C15H15NOS2/c1-2-17-11-6-4-3-5-10(11)15(16)14-9-13-12(19-14)7-8-18-13/h3-9,15H,2,16H2,1H3. The zero-order valence-corrected chi connectivity index (χ0v) is 12.3. The van der Waals surface area contributed by atoms with Crippen LogP contribution in [0, 0.1) is 0 Å². The lowest BCUT2D eigenvalue weighted by molar-refractivity contribution is 0.335. The Kier molecular flexibility index (Phi) is 3.55. The maximum absolute atomic E-state index is 6.41. The van der Waals surface area contributed by atoms with E-state index in [0.717, 1.165) is 11.3 Å². The van der Waals surface area contributed by atoms with E-state index in [0.29, 0.717) is 6.61 Å². The van der Waals surface area contributed by atoms with Gasteiger partial charge in [-0.05, 0) is 30.5 Å². The van der Waals surface area contributed by atoms with E-state index in [2.05, 4.69) is 17.5 Å². The van der Waals surface area contributed by atoms with E-state index in [9.17, 15) is 0 Å². The highest BCUT2D eigenvalue weighted by molar-refractivity contribution is 7.27. The van der Waals surface area contributed by atoms with Crippen molar-refractivity contribution in [3.8, 4) is 5.75 Å². The van der Waals surface area contributed by atoms with Gasteiger partial charge in [-0.2, -0.15) is 0 Å². The van der Waals surface area contributed by atoms with Crippen molar-refractivity contribution in [3.63, 3.8) is 0 Å². The predicted octanol–water partition coefficient (Wildman–Crippen LogP) is 4.41. The van der Waals surface area contributed by atoms with E-state index in [1.165, 1.54) is 14.3 Å². The Morgan fingerprint density at radius 1 is 1.21 bits per heavy atom. The average molecular weight is 289 g/mol. The minimum Gasteiger partial charge on any atom is -0.494 e. The SMILES string of the molecule is CCOc1ccccc1C(N)c1cc2sccc2s1. The highest BCUT2D eigenvalue weighted by atomic mass is 32.1. The molecular formula is C15H15NOS2. The van der Waals surface area contributed by atoms with Crippen molar-refractivity contribution in [2.24, 2.45) is 5.73 Å². The van der Waals surface area contributed by atoms with Crippen LogP contribution in [-0.4, -0.2) is 6.61 Å². The lowest BCUT2D eigenvalue weighted by Gasteiger charge is -2.15. The van der Waals surface area contributed by atoms with Crippen molar-refractivity contribution in [1.82, 2.24) is 0 Å². The first kappa shape index (κ1) is 12.7. The van der Waals surface area contributed by atoms with Crippen LogP contribution in [0.1, 0.15) is 23.4 Å². The molecule has 2 nitrogen and oxygen atoms in total. The number of thiophene rings is 2. The molecule has 0 amide bonds. The molecule has 98 valence electrons. The first-order chi connectivity index (χ1) is 9.29. The topological polar surface area (TPSA) is 35.2 Å². The second-order valence-electron chi connectivity index (χ2n) is 4.25. The minimum absolute atomic E-state index is 0.118. The summed E-state index contributed by atoms with van der Waals surface area (Å²) in [6, 6.07) is 12.2. The largest absolute Gasteiger partial charge is 0.494 e. The van der Waals surface area contributed by atoms with Crippen LogP contribution in [0.4, 0.5) is 0 Å². The Morgan fingerprint density at radius 2 is 2.05 bits per heavy atom. The minimum atomic E-state index is -0.118. The monoisotopic (exact) mass is 289 g/mol. The van der Waals surface area contributed by atoms with E-state index in [1.54, 1.807) is 22.7 Å². The molecule has 4 heteroatoms. The van der Waals surface area contributed by atoms with Gasteiger partial charge in [-0.25, -0.2) is 0 Å². The molecule has 19 heavy (non-hydrogen) atoms. The second kappa shape index (κ2) is 5.33. The van der Waals surface area contributed by atoms with Gasteiger partial charge in [0.2, 0.25) is 0 Å². The van der Waals surface area contributed by atoms with E-state index < -0.39 is 0 Å². The number of para-hydroxylation sites is 1. The maximum Gasteiger partial charge on any atom is 0.124 e. The first-order valence-electron chi connectivity index (χ1n) is 6.24. The smallest absolute Gasteiger partial charge is 0.124 e. The molecule has 3 aromatic rings. The number of hydrogen-bond acceptors (Lipinski definition) is 4. The van der Waals surface area contributed by atoms with Crippen LogP contribution in [-0.2, 0) is 0 Å². The van der Waals surface area contributed by atoms with Crippen LogP contribution < -0.4 is 10.5 Å². The highest BCUT2D eigenvalue weighted by Crippen LogP contribution is 2.37. The van der Waals surface area contributed by atoms with Crippen LogP contribution in [0.15, 0.2) is 41.8 Å². The molecule has 3 rings (SSSR count). The van der Waals surface area contributed by atoms with Gasteiger partial charge in [0.1, 0.15) is 5.75 Å². The summed E-state index contributed by atoms with van der Waals surface area (Å²) in [7, 11) is 0. The summed E-state index contributed by atoms with van der Waals surface area (Å²) >= 11 is 3.52. The molecule has 2 N–H and O–H groups in total. The molecule has 1 atom stereocenters. The van der Waals surface area contributed by atoms with E-state index in [-0.39, 0.29) is 6.04 Å². The zero-order chi connectivity index (χ0) is 13.2. The predicted molar refractivity (Wildman–Crippen MR) is 83.3 cm³/mol. The normalized spacial score (nSPS) is 12.7. The van der Waals surface area contributed by atoms with Crippen LogP contribution in [0.25, 0.3) is 9.40 Å². The quantitative estimate of drug-likeness (QED) is 0.772. The summed E-state index contributed by atoms with van der Waals surface area (Å²) in [5, 5.41) is 2.12. The Bertz CT molecular complexity index is 658. The van der Waals surface area contributed by atoms with E-state index in [4.69, 9.17) is 10.5 Å². The molecule has 1 aromatic carbocycles. The van der Waals surface area contributed by atoms with Crippen molar-refractivity contribution in [1.29, 1.82) is 0 Å². The Balaban J connectivity index is 1.99. The maximum atomic E-state index is 6.41. The Hall–Kier alpha value is -1.36. The fraction of sp³-hybridized carbons (Fsp3) is 0.200. The third-order valence-corrected chi connectivity index (χ3v) is 5.20. The van der Waals surface area contributed by atoms with Gasteiger partial charge in [0, 0.05) is 19.8 Å². The molecule has 0 saturated heterocycles. The number of ether oxygens (including phenoxy) is 1. The van der Waals surface area contributed by atoms with Crippen molar-refractivity contribution < 1.29 is 4.74 Å². The Morgan fingerprint density at radius 3 is 2.84 bits per heavy atom. The summed E-state index contributed by atoms with van der Waals surface area (Å²) < 4.78 is 8.28. The molecule has 0 spiro atoms. The van der Waals surface area contributed by atoms with Crippen molar-refractivity contribution in [2.45, 2.75) is 13.0 Å². The van der Waals surface area contributed by atoms with Gasteiger partial charge in [0.05, 0.1) is 12.6 Å². The van der Waals surface area contributed by atoms with E-state index >= 15 is 0 Å². The van der Waals surface area contributed by atoms with Crippen LogP contribution in [0.2, 0.25) is 0 Å². The summed E-state index contributed by atoms with van der Waals surface area (Å²) in [5.74, 6) is 0.884. The average Bonchev–Trinajstić information content (AvgIpc) is 2.99. The first-order valence-corrected chi connectivity index (χ1v) is 7.93. The fourth-order valence-corrected chi connectivity index (χ4v) is 4.26. The number of benzene rings is 1.